The van der Waals surface area contributed by atoms with Crippen molar-refractivity contribution in [2.75, 3.05) is 0 Å². The van der Waals surface area contributed by atoms with E-state index in [1.807, 2.05) is 6.92 Å². The molecule has 7 heteroatoms. The Bertz CT molecular complexity index is 794. The molecule has 2 aromatic rings. The van der Waals surface area contributed by atoms with Crippen LogP contribution in [0.25, 0.3) is 0 Å². The molecule has 24 heavy (non-hydrogen) atoms. The Morgan fingerprint density at radius 2 is 1.67 bits per heavy atom. The summed E-state index contributed by atoms with van der Waals surface area (Å²) in [6.45, 7) is 5.08. The summed E-state index contributed by atoms with van der Waals surface area (Å²) in [5, 5.41) is 0. The lowest BCUT2D eigenvalue weighted by molar-refractivity contribution is 0.0843. The van der Waals surface area contributed by atoms with Gasteiger partial charge >= 0.3 is 0 Å². The number of benzene rings is 1. The minimum atomic E-state index is -0.493. The van der Waals surface area contributed by atoms with E-state index in [0.717, 1.165) is 4.47 Å². The maximum atomic E-state index is 12.3. The number of hydrogen-bond acceptors (Lipinski definition) is 3. The highest BCUT2D eigenvalue weighted by Gasteiger charge is 2.21. The van der Waals surface area contributed by atoms with E-state index in [9.17, 15) is 14.4 Å². The normalized spacial score (nSPS) is 10.3. The molecular weight excluding hydrogens is 374 g/mol. The van der Waals surface area contributed by atoms with Gasteiger partial charge < -0.3 is 4.98 Å². The second-order valence-electron chi connectivity index (χ2n) is 5.30. The molecule has 0 fully saturated rings. The summed E-state index contributed by atoms with van der Waals surface area (Å²) in [5.74, 6) is -1.02. The smallest absolute Gasteiger partial charge is 0.286 e. The van der Waals surface area contributed by atoms with Gasteiger partial charge in [0.15, 0.2) is 5.78 Å². The molecule has 126 valence electrons. The minimum absolute atomic E-state index is 0.0986. The number of nitrogens with one attached hydrogen (secondary N) is 3. The zero-order chi connectivity index (χ0) is 17.9. The van der Waals surface area contributed by atoms with Crippen LogP contribution >= 0.6 is 15.9 Å². The number of aromatic nitrogens is 1. The monoisotopic (exact) mass is 391 g/mol. The summed E-state index contributed by atoms with van der Waals surface area (Å²) in [4.78, 5) is 39.0. The first-order valence-electron chi connectivity index (χ1n) is 7.43. The number of aryl methyl sites for hydroxylation is 1. The zero-order valence-electron chi connectivity index (χ0n) is 13.6. The topological polar surface area (TPSA) is 91.1 Å². The van der Waals surface area contributed by atoms with Crippen molar-refractivity contribution >= 4 is 33.5 Å². The number of aromatic amines is 1. The molecule has 0 atom stereocenters. The molecule has 0 aliphatic heterocycles. The van der Waals surface area contributed by atoms with E-state index in [4.69, 9.17) is 0 Å². The van der Waals surface area contributed by atoms with E-state index in [0.29, 0.717) is 28.8 Å². The lowest BCUT2D eigenvalue weighted by Gasteiger charge is -2.08. The summed E-state index contributed by atoms with van der Waals surface area (Å²) in [7, 11) is 0. The molecule has 2 rings (SSSR count). The summed E-state index contributed by atoms with van der Waals surface area (Å²) < 4.78 is 0.856. The number of H-pyrrole nitrogens is 1. The fraction of sp³-hybridized carbons (Fsp3) is 0.235. The molecule has 1 aromatic heterocycles. The molecule has 2 amide bonds. The number of hydrazine groups is 1. The Balaban J connectivity index is 2.13. The van der Waals surface area contributed by atoms with Crippen molar-refractivity contribution in [3.63, 3.8) is 0 Å². The third kappa shape index (κ3) is 3.73. The Labute approximate surface area is 148 Å². The van der Waals surface area contributed by atoms with Gasteiger partial charge in [-0.15, -0.1) is 0 Å². The van der Waals surface area contributed by atoms with Crippen LogP contribution < -0.4 is 10.9 Å². The molecular formula is C17H18BrN3O3. The van der Waals surface area contributed by atoms with Gasteiger partial charge in [0.2, 0.25) is 0 Å². The van der Waals surface area contributed by atoms with Gasteiger partial charge in [0.1, 0.15) is 5.69 Å². The van der Waals surface area contributed by atoms with Crippen molar-refractivity contribution < 1.29 is 14.4 Å². The SMILES string of the molecule is CCc1c(C(=O)NNC(=O)c2ccc(Br)cc2)[nH]c(C)c1C(C)=O. The first-order valence-corrected chi connectivity index (χ1v) is 8.23. The van der Waals surface area contributed by atoms with E-state index in [-0.39, 0.29) is 11.5 Å². The summed E-state index contributed by atoms with van der Waals surface area (Å²) in [5.41, 5.74) is 7.27. The van der Waals surface area contributed by atoms with Gasteiger partial charge in [-0.1, -0.05) is 22.9 Å². The number of rotatable bonds is 4. The first kappa shape index (κ1) is 17.9. The van der Waals surface area contributed by atoms with Crippen molar-refractivity contribution in [1.29, 1.82) is 0 Å². The minimum Gasteiger partial charge on any atom is -0.354 e. The lowest BCUT2D eigenvalue weighted by Crippen LogP contribution is -2.42. The highest BCUT2D eigenvalue weighted by atomic mass is 79.9. The molecule has 1 aromatic carbocycles. The lowest BCUT2D eigenvalue weighted by atomic mass is 10.0. The predicted molar refractivity (Wildman–Crippen MR) is 94.0 cm³/mol. The van der Waals surface area contributed by atoms with E-state index < -0.39 is 11.8 Å². The molecule has 0 saturated carbocycles. The van der Waals surface area contributed by atoms with Crippen LogP contribution in [0.4, 0.5) is 0 Å². The number of carbonyl (C=O) groups excluding carboxylic acids is 3. The van der Waals surface area contributed by atoms with Crippen LogP contribution in [0.2, 0.25) is 0 Å². The Morgan fingerprint density at radius 3 is 2.21 bits per heavy atom. The van der Waals surface area contributed by atoms with E-state index >= 15 is 0 Å². The van der Waals surface area contributed by atoms with Gasteiger partial charge in [0.25, 0.3) is 11.8 Å². The maximum Gasteiger partial charge on any atom is 0.286 e. The summed E-state index contributed by atoms with van der Waals surface area (Å²) in [6, 6.07) is 6.74. The highest BCUT2D eigenvalue weighted by molar-refractivity contribution is 9.10. The molecule has 1 heterocycles. The first-order chi connectivity index (χ1) is 11.3. The Hall–Kier alpha value is -2.41. The molecule has 0 bridgehead atoms. The van der Waals surface area contributed by atoms with E-state index in [2.05, 4.69) is 31.8 Å². The molecule has 0 spiro atoms. The Kier molecular flexibility index (Phi) is 5.56. The standard InChI is InChI=1S/C17H18BrN3O3/c1-4-13-14(10(3)22)9(2)19-15(13)17(24)21-20-16(23)11-5-7-12(18)8-6-11/h5-8,19H,4H2,1-3H3,(H,20,23)(H,21,24). The fourth-order valence-corrected chi connectivity index (χ4v) is 2.81. The number of ketones is 1. The van der Waals surface area contributed by atoms with Crippen molar-refractivity contribution in [1.82, 2.24) is 15.8 Å². The second kappa shape index (κ2) is 7.44. The number of Topliss-reactive ketones (excluding diaryl/α,β-unsaturated/α-hetero) is 1. The Morgan fingerprint density at radius 1 is 1.08 bits per heavy atom. The second-order valence-corrected chi connectivity index (χ2v) is 6.22. The van der Waals surface area contributed by atoms with Gasteiger partial charge in [0.05, 0.1) is 0 Å². The number of amides is 2. The quantitative estimate of drug-likeness (QED) is 0.552. The van der Waals surface area contributed by atoms with E-state index in [1.165, 1.54) is 6.92 Å². The fourth-order valence-electron chi connectivity index (χ4n) is 2.55. The van der Waals surface area contributed by atoms with Gasteiger partial charge in [-0.05, 0) is 50.1 Å². The highest BCUT2D eigenvalue weighted by Crippen LogP contribution is 2.20. The molecule has 6 nitrogen and oxygen atoms in total. The van der Waals surface area contributed by atoms with Gasteiger partial charge in [-0.2, -0.15) is 0 Å². The van der Waals surface area contributed by atoms with Crippen LogP contribution in [0.15, 0.2) is 28.7 Å². The third-order valence-corrected chi connectivity index (χ3v) is 4.15. The average molecular weight is 392 g/mol. The molecule has 0 saturated heterocycles. The van der Waals surface area contributed by atoms with Crippen LogP contribution in [0, 0.1) is 6.92 Å². The van der Waals surface area contributed by atoms with Crippen LogP contribution in [0.3, 0.4) is 0 Å². The average Bonchev–Trinajstić information content (AvgIpc) is 2.89. The largest absolute Gasteiger partial charge is 0.354 e. The summed E-state index contributed by atoms with van der Waals surface area (Å²) in [6.07, 6.45) is 0.530. The molecule has 0 unspecified atom stereocenters. The maximum absolute atomic E-state index is 12.3. The van der Waals surface area contributed by atoms with Gasteiger partial charge in [-0.3, -0.25) is 25.2 Å². The molecule has 0 radical (unpaired) electrons. The number of halogens is 1. The van der Waals surface area contributed by atoms with Crippen molar-refractivity contribution in [2.24, 2.45) is 0 Å². The number of carbonyl (C=O) groups is 3. The van der Waals surface area contributed by atoms with Crippen LogP contribution in [0.5, 0.6) is 0 Å². The molecule has 0 aliphatic carbocycles. The molecule has 0 aliphatic rings. The third-order valence-electron chi connectivity index (χ3n) is 3.62. The van der Waals surface area contributed by atoms with Gasteiger partial charge in [-0.25, -0.2) is 0 Å². The van der Waals surface area contributed by atoms with Crippen LogP contribution in [0.1, 0.15) is 56.3 Å². The van der Waals surface area contributed by atoms with Crippen molar-refractivity contribution in [3.8, 4) is 0 Å². The van der Waals surface area contributed by atoms with E-state index in [1.54, 1.807) is 31.2 Å². The predicted octanol–water partition coefficient (Wildman–Crippen LogP) is 2.93. The van der Waals surface area contributed by atoms with Gasteiger partial charge in [0, 0.05) is 21.3 Å². The zero-order valence-corrected chi connectivity index (χ0v) is 15.2. The number of hydrogen-bond donors (Lipinski definition) is 3. The van der Waals surface area contributed by atoms with Crippen molar-refractivity contribution in [3.05, 3.63) is 56.8 Å². The van der Waals surface area contributed by atoms with Crippen LogP contribution in [-0.4, -0.2) is 22.6 Å². The van der Waals surface area contributed by atoms with Crippen LogP contribution in [-0.2, 0) is 6.42 Å². The van der Waals surface area contributed by atoms with Crippen molar-refractivity contribution in [2.45, 2.75) is 27.2 Å². The summed E-state index contributed by atoms with van der Waals surface area (Å²) >= 11 is 3.29. The molecule has 3 N–H and O–H groups in total.